The van der Waals surface area contributed by atoms with E-state index in [0.717, 1.165) is 4.47 Å². The fourth-order valence-corrected chi connectivity index (χ4v) is 16.5. The van der Waals surface area contributed by atoms with Gasteiger partial charge in [-0.15, -0.1) is 0 Å². The molecule has 0 spiro atoms. The highest BCUT2D eigenvalue weighted by atomic mass is 79.9. The second kappa shape index (κ2) is 23.7. The van der Waals surface area contributed by atoms with Crippen LogP contribution in [0, 0.1) is 0 Å². The maximum atomic E-state index is 4.00. The van der Waals surface area contributed by atoms with Crippen LogP contribution in [0.2, 0.25) is 0 Å². The van der Waals surface area contributed by atoms with Gasteiger partial charge in [-0.1, -0.05) is 262 Å². The third-order valence-electron chi connectivity index (χ3n) is 20.6. The van der Waals surface area contributed by atoms with Crippen molar-refractivity contribution < 1.29 is 0 Å². The van der Waals surface area contributed by atoms with Gasteiger partial charge in [-0.25, -0.2) is 0 Å². The minimum Gasteiger partial charge on any atom is -0.354 e. The van der Waals surface area contributed by atoms with E-state index in [1.807, 2.05) is 0 Å². The number of halogens is 1. The van der Waals surface area contributed by atoms with Crippen molar-refractivity contribution in [3.63, 3.8) is 0 Å². The Morgan fingerprint density at radius 1 is 0.268 bits per heavy atom. The lowest BCUT2D eigenvalue weighted by Gasteiger charge is -2.22. The molecule has 1 N–H and O–H groups in total. The molecule has 4 aromatic heterocycles. The van der Waals surface area contributed by atoms with Gasteiger partial charge >= 0.3 is 0 Å². The molecule has 0 bridgehead atoms. The SMILES string of the molecule is CC1(C)c2ccccc2-c2ccc(-n3c4ccccc4c4c5c6ccccc6n(-c6ccc(-c7ccccc7)cc6)c5ccc43)cc21.CC1(C)c2ccccc2-c2ccc(Br)cc21.[B][B].c1ccc(-c2ccc(-n3c4ccccc4c4c5c(ccc43)[nH]c3ccccc35)cc2)cc1. The molecule has 0 unspecified atom stereocenters. The summed E-state index contributed by atoms with van der Waals surface area (Å²) in [6.45, 7) is 9.31. The zero-order valence-electron chi connectivity index (χ0n) is 54.4. The number of H-pyrrole nitrogens is 1. The van der Waals surface area contributed by atoms with E-state index in [9.17, 15) is 0 Å². The molecule has 20 rings (SSSR count). The minimum absolute atomic E-state index is 0.0581. The van der Waals surface area contributed by atoms with Crippen LogP contribution in [0.3, 0.4) is 0 Å². The lowest BCUT2D eigenvalue weighted by atomic mass is 9.81. The molecule has 14 aromatic carbocycles. The summed E-state index contributed by atoms with van der Waals surface area (Å²) in [5, 5.41) is 10.3. The fourth-order valence-electron chi connectivity index (χ4n) is 16.1. The summed E-state index contributed by atoms with van der Waals surface area (Å²) in [5.41, 5.74) is 29.4. The summed E-state index contributed by atoms with van der Waals surface area (Å²) in [6.07, 6.45) is 0. The van der Waals surface area contributed by atoms with E-state index < -0.39 is 0 Å². The van der Waals surface area contributed by atoms with Gasteiger partial charge in [-0.05, 0) is 164 Å². The third kappa shape index (κ3) is 9.57. The van der Waals surface area contributed by atoms with Crippen LogP contribution >= 0.6 is 15.9 Å². The van der Waals surface area contributed by atoms with Crippen LogP contribution < -0.4 is 0 Å². The van der Waals surface area contributed by atoms with Crippen molar-refractivity contribution in [1.82, 2.24) is 18.7 Å². The first-order chi connectivity index (χ1) is 47.6. The highest BCUT2D eigenvalue weighted by molar-refractivity contribution is 9.10. The molecule has 2 aliphatic rings. The Morgan fingerprint density at radius 3 is 1.11 bits per heavy atom. The van der Waals surface area contributed by atoms with Crippen LogP contribution in [0.5, 0.6) is 0 Å². The summed E-state index contributed by atoms with van der Waals surface area (Å²) in [4.78, 5) is 3.60. The Hall–Kier alpha value is -11.1. The molecule has 0 fully saturated rings. The van der Waals surface area contributed by atoms with Crippen molar-refractivity contribution in [2.75, 3.05) is 0 Å². The first-order valence-corrected chi connectivity index (χ1v) is 34.1. The number of nitrogens with one attached hydrogen (secondary N) is 1. The molecular weight excluding hydrogens is 1240 g/mol. The molecule has 4 nitrogen and oxygen atoms in total. The van der Waals surface area contributed by atoms with Gasteiger partial charge in [0.1, 0.15) is 0 Å². The van der Waals surface area contributed by atoms with Gasteiger partial charge in [0.2, 0.25) is 0 Å². The molecule has 0 atom stereocenters. The lowest BCUT2D eigenvalue weighted by Crippen LogP contribution is -2.15. The van der Waals surface area contributed by atoms with Gasteiger partial charge in [-0.3, -0.25) is 0 Å². The molecule has 0 aliphatic heterocycles. The van der Waals surface area contributed by atoms with Gasteiger partial charge in [0.25, 0.3) is 0 Å². The first-order valence-electron chi connectivity index (χ1n) is 33.3. The maximum Gasteiger partial charge on any atom is 0.0548 e. The summed E-state index contributed by atoms with van der Waals surface area (Å²) in [6, 6.07) is 114. The predicted octanol–water partition coefficient (Wildman–Crippen LogP) is 23.9. The zero-order valence-corrected chi connectivity index (χ0v) is 56.0. The standard InChI is InChI=1S/C45H32N2.C30H20N2.C15H13Br.B2/c1-45(2)37-17-9-6-14-33(37)34-25-24-32(28-38(34)45)47-40-19-11-8-16-36(40)44-42(47)27-26-41-43(44)35-15-7-10-18-39(35)46(41)31-22-20-30(21-23-31)29-12-4-3-5-13-29;1-2-8-20(9-3-1)21-14-16-22(17-15-21)32-27-13-7-5-11-24(27)30-28(32)19-18-26-29(30)23-10-4-6-12-25(23)31-26;1-15(2)13-6-4-3-5-11(13)12-8-7-10(16)9-14(12)15;1-2/h3-28H,1-2H3;1-19,31H;3-9H,1-2H3;. The Bertz CT molecular complexity index is 6090. The van der Waals surface area contributed by atoms with Crippen molar-refractivity contribution in [3.05, 3.63) is 342 Å². The molecule has 4 radical (unpaired) electrons. The van der Waals surface area contributed by atoms with Crippen molar-refractivity contribution in [3.8, 4) is 61.6 Å². The lowest BCUT2D eigenvalue weighted by molar-refractivity contribution is 0.660. The van der Waals surface area contributed by atoms with Crippen molar-refractivity contribution in [2.24, 2.45) is 0 Å². The third-order valence-corrected chi connectivity index (χ3v) is 21.1. The van der Waals surface area contributed by atoms with Crippen molar-refractivity contribution in [2.45, 2.75) is 38.5 Å². The average Bonchev–Trinajstić information content (AvgIpc) is 1.56. The molecule has 18 aromatic rings. The number of aromatic amines is 1. The van der Waals surface area contributed by atoms with E-state index in [0.29, 0.717) is 0 Å². The molecule has 7 heteroatoms. The molecule has 0 amide bonds. The smallest absolute Gasteiger partial charge is 0.0548 e. The predicted molar refractivity (Wildman–Crippen MR) is 417 cm³/mol. The van der Waals surface area contributed by atoms with Gasteiger partial charge in [0.05, 0.1) is 33.1 Å². The monoisotopic (exact) mass is 1300 g/mol. The molecular formula is C90H65B2BrN4. The van der Waals surface area contributed by atoms with Crippen LogP contribution in [-0.4, -0.2) is 34.2 Å². The molecule has 458 valence electrons. The number of hydrogen-bond acceptors (Lipinski definition) is 0. The van der Waals surface area contributed by atoms with E-state index in [-0.39, 0.29) is 10.8 Å². The number of aromatic nitrogens is 4. The second-order valence-electron chi connectivity index (χ2n) is 26.6. The highest BCUT2D eigenvalue weighted by Gasteiger charge is 2.37. The summed E-state index contributed by atoms with van der Waals surface area (Å²) < 4.78 is 8.46. The fraction of sp³-hybridized carbons (Fsp3) is 0.0667. The van der Waals surface area contributed by atoms with Crippen molar-refractivity contribution >= 4 is 119 Å². The normalized spacial score (nSPS) is 13.0. The first kappa shape index (κ1) is 59.6. The van der Waals surface area contributed by atoms with Crippen LogP contribution in [0.1, 0.15) is 49.9 Å². The Kier molecular flexibility index (Phi) is 14.5. The number of nitrogens with zero attached hydrogens (tertiary/aromatic N) is 3. The highest BCUT2D eigenvalue weighted by Crippen LogP contribution is 2.52. The molecule has 4 heterocycles. The number of fused-ring (bicyclic) bond motifs is 20. The molecule has 2 aliphatic carbocycles. The topological polar surface area (TPSA) is 30.6 Å². The van der Waals surface area contributed by atoms with Crippen LogP contribution in [0.15, 0.2) is 320 Å². The van der Waals surface area contributed by atoms with Gasteiger partial charge < -0.3 is 18.7 Å². The summed E-state index contributed by atoms with van der Waals surface area (Å²) >= 11 is 3.56. The van der Waals surface area contributed by atoms with Gasteiger partial charge in [0.15, 0.2) is 0 Å². The average molecular weight is 1300 g/mol. The van der Waals surface area contributed by atoms with Gasteiger partial charge in [0, 0.05) is 102 Å². The van der Waals surface area contributed by atoms with E-state index in [4.69, 9.17) is 0 Å². The molecule has 97 heavy (non-hydrogen) atoms. The van der Waals surface area contributed by atoms with Crippen LogP contribution in [0.4, 0.5) is 0 Å². The van der Waals surface area contributed by atoms with Crippen LogP contribution in [0.25, 0.3) is 149 Å². The maximum absolute atomic E-state index is 4.00. The summed E-state index contributed by atoms with van der Waals surface area (Å²) in [7, 11) is 8.00. The van der Waals surface area contributed by atoms with E-state index in [1.165, 1.54) is 171 Å². The van der Waals surface area contributed by atoms with Crippen molar-refractivity contribution in [1.29, 1.82) is 0 Å². The summed E-state index contributed by atoms with van der Waals surface area (Å²) in [5.74, 6) is 0. The number of benzene rings is 14. The number of para-hydroxylation sites is 4. The Labute approximate surface area is 575 Å². The van der Waals surface area contributed by atoms with Gasteiger partial charge in [-0.2, -0.15) is 0 Å². The van der Waals surface area contributed by atoms with E-state index in [2.05, 4.69) is 393 Å². The Balaban J connectivity index is 0.000000122. The molecule has 0 saturated carbocycles. The molecule has 0 saturated heterocycles. The quantitative estimate of drug-likeness (QED) is 0.167. The zero-order chi connectivity index (χ0) is 65.7. The number of hydrogen-bond donors (Lipinski definition) is 1. The minimum atomic E-state index is -0.0581. The van der Waals surface area contributed by atoms with Crippen LogP contribution in [-0.2, 0) is 10.8 Å². The van der Waals surface area contributed by atoms with E-state index in [1.54, 1.807) is 0 Å². The van der Waals surface area contributed by atoms with E-state index >= 15 is 0 Å². The second-order valence-corrected chi connectivity index (χ2v) is 27.5. The largest absolute Gasteiger partial charge is 0.354 e. The number of rotatable bonds is 5. The Morgan fingerprint density at radius 2 is 0.619 bits per heavy atom.